The Morgan fingerprint density at radius 3 is 2.71 bits per heavy atom. The number of hydrogen-bond donors (Lipinski definition) is 0. The van der Waals surface area contributed by atoms with Gasteiger partial charge in [0, 0.05) is 25.2 Å². The van der Waals surface area contributed by atoms with E-state index in [2.05, 4.69) is 4.90 Å². The standard InChI is InChI=1S/C17H16N2O2/c20-12-10-14(19-8-4-1-5-9-19)17-16(11-12)21-15-7-3-2-6-13(15)18-17/h2-3,6-7,10-11H,1,4-5,8-9H2. The normalized spacial score (nSPS) is 15.7. The van der Waals surface area contributed by atoms with Crippen molar-refractivity contribution < 1.29 is 4.42 Å². The third-order valence-electron chi connectivity index (χ3n) is 4.04. The minimum atomic E-state index is -0.0242. The fourth-order valence-corrected chi connectivity index (χ4v) is 3.01. The van der Waals surface area contributed by atoms with Crippen LogP contribution in [-0.2, 0) is 0 Å². The Labute approximate surface area is 122 Å². The van der Waals surface area contributed by atoms with E-state index in [1.54, 1.807) is 6.07 Å². The maximum atomic E-state index is 12.0. The summed E-state index contributed by atoms with van der Waals surface area (Å²) in [7, 11) is 0. The van der Waals surface area contributed by atoms with Crippen LogP contribution in [-0.4, -0.2) is 18.1 Å². The quantitative estimate of drug-likeness (QED) is 0.642. The van der Waals surface area contributed by atoms with Crippen molar-refractivity contribution in [1.82, 2.24) is 4.98 Å². The van der Waals surface area contributed by atoms with E-state index < -0.39 is 0 Å². The summed E-state index contributed by atoms with van der Waals surface area (Å²) in [5, 5.41) is 0. The topological polar surface area (TPSA) is 46.3 Å². The van der Waals surface area contributed by atoms with E-state index in [1.165, 1.54) is 12.5 Å². The van der Waals surface area contributed by atoms with Crippen LogP contribution < -0.4 is 10.3 Å². The Morgan fingerprint density at radius 1 is 1.05 bits per heavy atom. The van der Waals surface area contributed by atoms with Gasteiger partial charge >= 0.3 is 0 Å². The smallest absolute Gasteiger partial charge is 0.184 e. The van der Waals surface area contributed by atoms with Crippen LogP contribution in [0.2, 0.25) is 0 Å². The van der Waals surface area contributed by atoms with Crippen LogP contribution in [0.4, 0.5) is 5.69 Å². The molecule has 1 saturated heterocycles. The molecule has 1 aliphatic carbocycles. The van der Waals surface area contributed by atoms with Crippen LogP contribution in [0.5, 0.6) is 0 Å². The molecule has 2 aliphatic heterocycles. The second-order valence-electron chi connectivity index (χ2n) is 5.52. The molecule has 21 heavy (non-hydrogen) atoms. The largest absolute Gasteiger partial charge is 0.453 e. The van der Waals surface area contributed by atoms with Crippen LogP contribution >= 0.6 is 0 Å². The summed E-state index contributed by atoms with van der Waals surface area (Å²) in [6.45, 7) is 1.96. The van der Waals surface area contributed by atoms with E-state index >= 15 is 0 Å². The van der Waals surface area contributed by atoms with Crippen molar-refractivity contribution in [3.05, 3.63) is 46.6 Å². The molecule has 4 rings (SSSR count). The highest BCUT2D eigenvalue weighted by Gasteiger charge is 2.20. The molecule has 2 heterocycles. The number of rotatable bonds is 1. The van der Waals surface area contributed by atoms with Gasteiger partial charge in [-0.15, -0.1) is 0 Å². The summed E-state index contributed by atoms with van der Waals surface area (Å²) in [4.78, 5) is 18.9. The van der Waals surface area contributed by atoms with Crippen LogP contribution in [0.25, 0.3) is 22.6 Å². The Morgan fingerprint density at radius 2 is 1.86 bits per heavy atom. The first-order valence-electron chi connectivity index (χ1n) is 7.40. The zero-order valence-corrected chi connectivity index (χ0v) is 11.7. The molecule has 1 aromatic rings. The molecule has 0 N–H and O–H groups in total. The molecule has 0 amide bonds. The van der Waals surface area contributed by atoms with Gasteiger partial charge in [-0.1, -0.05) is 12.1 Å². The lowest BCUT2D eigenvalue weighted by Gasteiger charge is -2.30. The molecular weight excluding hydrogens is 264 g/mol. The van der Waals surface area contributed by atoms with Gasteiger partial charge in [-0.05, 0) is 31.4 Å². The summed E-state index contributed by atoms with van der Waals surface area (Å²) in [5.41, 5.74) is 3.20. The van der Waals surface area contributed by atoms with Gasteiger partial charge in [-0.2, -0.15) is 0 Å². The summed E-state index contributed by atoms with van der Waals surface area (Å²) >= 11 is 0. The van der Waals surface area contributed by atoms with Crippen molar-refractivity contribution >= 4 is 16.8 Å². The summed E-state index contributed by atoms with van der Waals surface area (Å²) < 4.78 is 5.87. The summed E-state index contributed by atoms with van der Waals surface area (Å²) in [6, 6.07) is 10.9. The highest BCUT2D eigenvalue weighted by atomic mass is 16.3. The highest BCUT2D eigenvalue weighted by Crippen LogP contribution is 2.33. The number of nitrogens with zero attached hydrogens (tertiary/aromatic N) is 2. The molecule has 0 saturated carbocycles. The van der Waals surface area contributed by atoms with E-state index in [0.717, 1.165) is 42.8 Å². The van der Waals surface area contributed by atoms with E-state index in [9.17, 15) is 4.79 Å². The molecule has 1 aromatic carbocycles. The first kappa shape index (κ1) is 12.4. The van der Waals surface area contributed by atoms with E-state index in [0.29, 0.717) is 11.3 Å². The van der Waals surface area contributed by atoms with Gasteiger partial charge in [0.25, 0.3) is 0 Å². The van der Waals surface area contributed by atoms with Crippen molar-refractivity contribution in [2.45, 2.75) is 19.3 Å². The number of piperidine rings is 1. The van der Waals surface area contributed by atoms with Crippen LogP contribution in [0.1, 0.15) is 19.3 Å². The third-order valence-corrected chi connectivity index (χ3v) is 4.04. The summed E-state index contributed by atoms with van der Waals surface area (Å²) in [6.07, 6.45) is 3.58. The second-order valence-corrected chi connectivity index (χ2v) is 5.52. The molecule has 0 unspecified atom stereocenters. The molecule has 4 nitrogen and oxygen atoms in total. The van der Waals surface area contributed by atoms with E-state index in [-0.39, 0.29) is 5.43 Å². The van der Waals surface area contributed by atoms with Gasteiger partial charge in [-0.3, -0.25) is 4.79 Å². The van der Waals surface area contributed by atoms with Crippen LogP contribution in [0, 0.1) is 0 Å². The van der Waals surface area contributed by atoms with Gasteiger partial charge in [0.05, 0.1) is 5.69 Å². The first-order valence-corrected chi connectivity index (χ1v) is 7.40. The molecule has 0 radical (unpaired) electrons. The molecule has 4 heteroatoms. The average Bonchev–Trinajstić information content (AvgIpc) is 2.53. The monoisotopic (exact) mass is 280 g/mol. The van der Waals surface area contributed by atoms with Crippen molar-refractivity contribution in [2.75, 3.05) is 18.0 Å². The second kappa shape index (κ2) is 4.88. The SMILES string of the molecule is O=c1cc2oc3ccccc3nc-2c(N2CCCCC2)c1. The van der Waals surface area contributed by atoms with Gasteiger partial charge in [0.1, 0.15) is 11.2 Å². The predicted octanol–water partition coefficient (Wildman–Crippen LogP) is 3.28. The molecule has 106 valence electrons. The van der Waals surface area contributed by atoms with E-state index in [4.69, 9.17) is 9.40 Å². The lowest BCUT2D eigenvalue weighted by molar-refractivity contribution is 0.574. The fraction of sp³-hybridized carbons (Fsp3) is 0.294. The Kier molecular flexibility index (Phi) is 2.88. The van der Waals surface area contributed by atoms with Gasteiger partial charge in [0.2, 0.25) is 0 Å². The number of aromatic nitrogens is 1. The fourth-order valence-electron chi connectivity index (χ4n) is 3.01. The first-order chi connectivity index (χ1) is 10.3. The van der Waals surface area contributed by atoms with Gasteiger partial charge in [-0.25, -0.2) is 4.98 Å². The molecule has 0 aromatic heterocycles. The molecule has 3 aliphatic rings. The van der Waals surface area contributed by atoms with Crippen molar-refractivity contribution in [3.63, 3.8) is 0 Å². The molecule has 0 spiro atoms. The minimum absolute atomic E-state index is 0.0242. The zero-order chi connectivity index (χ0) is 14.2. The molecule has 1 fully saturated rings. The molecule has 0 atom stereocenters. The number of fused-ring (bicyclic) bond motifs is 2. The van der Waals surface area contributed by atoms with Crippen LogP contribution in [0.15, 0.2) is 45.6 Å². The Bertz CT molecular complexity index is 819. The number of anilines is 1. The zero-order valence-electron chi connectivity index (χ0n) is 11.7. The number of benzene rings is 2. The third kappa shape index (κ3) is 2.17. The van der Waals surface area contributed by atoms with Crippen molar-refractivity contribution in [1.29, 1.82) is 0 Å². The Hall–Kier alpha value is -2.36. The lowest BCUT2D eigenvalue weighted by Crippen LogP contribution is -2.31. The van der Waals surface area contributed by atoms with Crippen molar-refractivity contribution in [2.24, 2.45) is 0 Å². The number of para-hydroxylation sites is 2. The maximum Gasteiger partial charge on any atom is 0.184 e. The van der Waals surface area contributed by atoms with Gasteiger partial charge in [0.15, 0.2) is 16.8 Å². The van der Waals surface area contributed by atoms with Crippen molar-refractivity contribution in [3.8, 4) is 11.5 Å². The molecule has 0 bridgehead atoms. The summed E-state index contributed by atoms with van der Waals surface area (Å²) in [5.74, 6) is 0.571. The lowest BCUT2D eigenvalue weighted by atomic mass is 10.1. The predicted molar refractivity (Wildman–Crippen MR) is 83.0 cm³/mol. The maximum absolute atomic E-state index is 12.0. The number of hydrogen-bond acceptors (Lipinski definition) is 4. The molecular formula is C17H16N2O2. The Balaban J connectivity index is 1.97. The highest BCUT2D eigenvalue weighted by molar-refractivity contribution is 5.81. The minimum Gasteiger partial charge on any atom is -0.453 e. The van der Waals surface area contributed by atoms with E-state index in [1.807, 2.05) is 24.3 Å². The van der Waals surface area contributed by atoms with Gasteiger partial charge < -0.3 is 9.32 Å². The van der Waals surface area contributed by atoms with Crippen LogP contribution in [0.3, 0.4) is 0 Å². The average molecular weight is 280 g/mol.